The number of alkyl halides is 3. The minimum absolute atomic E-state index is 0.108. The maximum absolute atomic E-state index is 13.1. The van der Waals surface area contributed by atoms with Crippen molar-refractivity contribution >= 4 is 15.9 Å². The highest BCUT2D eigenvalue weighted by molar-refractivity contribution is 9.10. The van der Waals surface area contributed by atoms with Crippen molar-refractivity contribution < 1.29 is 13.2 Å². The molecule has 0 saturated heterocycles. The second-order valence-electron chi connectivity index (χ2n) is 4.73. The molecule has 0 atom stereocenters. The summed E-state index contributed by atoms with van der Waals surface area (Å²) in [5.74, 6) is 0.278. The predicted molar refractivity (Wildman–Crippen MR) is 82.0 cm³/mol. The van der Waals surface area contributed by atoms with Crippen molar-refractivity contribution in [3.63, 3.8) is 0 Å². The number of nitriles is 1. The van der Waals surface area contributed by atoms with E-state index in [1.807, 2.05) is 0 Å². The fourth-order valence-corrected chi connectivity index (χ4v) is 2.63. The quantitative estimate of drug-likeness (QED) is 0.660. The van der Waals surface area contributed by atoms with Gasteiger partial charge in [-0.1, -0.05) is 28.1 Å². The Morgan fingerprint density at radius 3 is 2.54 bits per heavy atom. The summed E-state index contributed by atoms with van der Waals surface area (Å²) in [6, 6.07) is 11.9. The van der Waals surface area contributed by atoms with Gasteiger partial charge in [0.15, 0.2) is 5.82 Å². The molecule has 3 aromatic rings. The van der Waals surface area contributed by atoms with E-state index < -0.39 is 17.3 Å². The van der Waals surface area contributed by atoms with Gasteiger partial charge in [0, 0.05) is 10.0 Å². The van der Waals surface area contributed by atoms with E-state index in [2.05, 4.69) is 31.5 Å². The fraction of sp³-hybridized carbons (Fsp3) is 0.0667. The highest BCUT2D eigenvalue weighted by Gasteiger charge is 2.34. The van der Waals surface area contributed by atoms with Crippen molar-refractivity contribution in [3.8, 4) is 23.1 Å². The Bertz CT molecular complexity index is 943. The molecule has 0 aliphatic heterocycles. The van der Waals surface area contributed by atoms with Crippen LogP contribution in [0.5, 0.6) is 0 Å². The zero-order valence-corrected chi connectivity index (χ0v) is 13.4. The molecule has 120 valence electrons. The van der Waals surface area contributed by atoms with Crippen molar-refractivity contribution in [2.45, 2.75) is 6.18 Å². The third kappa shape index (κ3) is 2.88. The molecule has 0 N–H and O–H groups in total. The molecule has 0 saturated carbocycles. The number of halogens is 4. The van der Waals surface area contributed by atoms with Gasteiger partial charge in [0.05, 0.1) is 22.9 Å². The normalized spacial score (nSPS) is 11.3. The van der Waals surface area contributed by atoms with E-state index in [0.717, 1.165) is 12.1 Å². The number of aromatic nitrogens is 4. The number of benzene rings is 2. The van der Waals surface area contributed by atoms with Gasteiger partial charge in [-0.15, -0.1) is 5.10 Å². The minimum Gasteiger partial charge on any atom is -0.193 e. The lowest BCUT2D eigenvalue weighted by Crippen LogP contribution is -2.10. The van der Waals surface area contributed by atoms with Crippen LogP contribution in [0.1, 0.15) is 11.1 Å². The Hall–Kier alpha value is -2.73. The fourth-order valence-electron chi connectivity index (χ4n) is 2.17. The van der Waals surface area contributed by atoms with Crippen molar-refractivity contribution in [2.75, 3.05) is 0 Å². The summed E-state index contributed by atoms with van der Waals surface area (Å²) in [6.45, 7) is 0. The number of nitrogens with zero attached hydrogens (tertiary/aromatic N) is 5. The van der Waals surface area contributed by atoms with Gasteiger partial charge in [0.25, 0.3) is 0 Å². The Morgan fingerprint density at radius 2 is 1.88 bits per heavy atom. The van der Waals surface area contributed by atoms with Gasteiger partial charge in [0.2, 0.25) is 0 Å². The van der Waals surface area contributed by atoms with Crippen LogP contribution in [0.3, 0.4) is 0 Å². The van der Waals surface area contributed by atoms with Gasteiger partial charge in [-0.05, 0) is 40.8 Å². The largest absolute Gasteiger partial charge is 0.417 e. The molecule has 0 aliphatic carbocycles. The summed E-state index contributed by atoms with van der Waals surface area (Å²) >= 11 is 3.36. The lowest BCUT2D eigenvalue weighted by atomic mass is 10.1. The third-order valence-corrected chi connectivity index (χ3v) is 3.95. The molecule has 0 aliphatic rings. The van der Waals surface area contributed by atoms with Gasteiger partial charge >= 0.3 is 6.18 Å². The van der Waals surface area contributed by atoms with E-state index in [0.29, 0.717) is 10.0 Å². The predicted octanol–water partition coefficient (Wildman–Crippen LogP) is 3.98. The van der Waals surface area contributed by atoms with E-state index in [-0.39, 0.29) is 11.5 Å². The van der Waals surface area contributed by atoms with Crippen molar-refractivity contribution in [1.82, 2.24) is 20.2 Å². The number of rotatable bonds is 2. The first kappa shape index (κ1) is 16.1. The van der Waals surface area contributed by atoms with Crippen LogP contribution in [0.25, 0.3) is 17.1 Å². The molecule has 5 nitrogen and oxygen atoms in total. The highest BCUT2D eigenvalue weighted by Crippen LogP contribution is 2.34. The van der Waals surface area contributed by atoms with Crippen LogP contribution < -0.4 is 0 Å². The van der Waals surface area contributed by atoms with Gasteiger partial charge in [0.1, 0.15) is 0 Å². The maximum Gasteiger partial charge on any atom is 0.417 e. The first-order chi connectivity index (χ1) is 11.4. The second kappa shape index (κ2) is 6.05. The average molecular weight is 394 g/mol. The van der Waals surface area contributed by atoms with E-state index >= 15 is 0 Å². The molecule has 9 heteroatoms. The molecule has 0 fully saturated rings. The van der Waals surface area contributed by atoms with Crippen molar-refractivity contribution in [2.24, 2.45) is 0 Å². The number of hydrogen-bond donors (Lipinski definition) is 0. The van der Waals surface area contributed by atoms with E-state index in [9.17, 15) is 13.2 Å². The molecule has 0 bridgehead atoms. The van der Waals surface area contributed by atoms with E-state index in [1.165, 1.54) is 10.7 Å². The summed E-state index contributed by atoms with van der Waals surface area (Å²) in [4.78, 5) is 0. The average Bonchev–Trinajstić information content (AvgIpc) is 3.03. The van der Waals surface area contributed by atoms with E-state index in [1.54, 1.807) is 30.3 Å². The summed E-state index contributed by atoms with van der Waals surface area (Å²) < 4.78 is 41.3. The smallest absolute Gasteiger partial charge is 0.193 e. The Kier molecular flexibility index (Phi) is 4.07. The van der Waals surface area contributed by atoms with Crippen LogP contribution in [0.2, 0.25) is 0 Å². The molecule has 24 heavy (non-hydrogen) atoms. The van der Waals surface area contributed by atoms with Crippen LogP contribution in [0.4, 0.5) is 13.2 Å². The van der Waals surface area contributed by atoms with Gasteiger partial charge < -0.3 is 0 Å². The van der Waals surface area contributed by atoms with E-state index in [4.69, 9.17) is 5.26 Å². The first-order valence-electron chi connectivity index (χ1n) is 6.57. The monoisotopic (exact) mass is 393 g/mol. The molecule has 1 aromatic heterocycles. The zero-order chi connectivity index (χ0) is 17.3. The Labute approximate surface area is 142 Å². The summed E-state index contributed by atoms with van der Waals surface area (Å²) in [6.07, 6.45) is -4.65. The number of hydrogen-bond acceptors (Lipinski definition) is 4. The zero-order valence-electron chi connectivity index (χ0n) is 11.8. The maximum atomic E-state index is 13.1. The molecule has 2 aromatic carbocycles. The first-order valence-corrected chi connectivity index (χ1v) is 7.36. The minimum atomic E-state index is -4.65. The highest BCUT2D eigenvalue weighted by atomic mass is 79.9. The summed E-state index contributed by atoms with van der Waals surface area (Å²) in [7, 11) is 0. The van der Waals surface area contributed by atoms with Crippen LogP contribution in [0, 0.1) is 11.3 Å². The number of tetrazole rings is 1. The third-order valence-electron chi connectivity index (χ3n) is 3.26. The molecule has 3 rings (SSSR count). The SMILES string of the molecule is N#Cc1ccc(-n2nnnc2-c2ccccc2Br)cc1C(F)(F)F. The lowest BCUT2D eigenvalue weighted by molar-refractivity contribution is -0.137. The molecule has 1 heterocycles. The lowest BCUT2D eigenvalue weighted by Gasteiger charge is -2.11. The summed E-state index contributed by atoms with van der Waals surface area (Å²) in [5, 5.41) is 20.1. The van der Waals surface area contributed by atoms with Crippen LogP contribution in [0.15, 0.2) is 46.9 Å². The molecule has 0 unspecified atom stereocenters. The standard InChI is InChI=1S/C15H7BrF3N5/c16-13-4-2-1-3-11(13)14-21-22-23-24(14)10-6-5-9(8-20)12(7-10)15(17,18)19/h1-7H. The van der Waals surface area contributed by atoms with Crippen molar-refractivity contribution in [1.29, 1.82) is 5.26 Å². The van der Waals surface area contributed by atoms with Gasteiger partial charge in [-0.25, -0.2) is 0 Å². The summed E-state index contributed by atoms with van der Waals surface area (Å²) in [5.41, 5.74) is -0.754. The Morgan fingerprint density at radius 1 is 1.12 bits per heavy atom. The van der Waals surface area contributed by atoms with Gasteiger partial charge in [-0.2, -0.15) is 23.1 Å². The Balaban J connectivity index is 2.18. The molecule has 0 amide bonds. The van der Waals surface area contributed by atoms with Crippen molar-refractivity contribution in [3.05, 3.63) is 58.1 Å². The molecular weight excluding hydrogens is 387 g/mol. The van der Waals surface area contributed by atoms with Gasteiger partial charge in [-0.3, -0.25) is 0 Å². The van der Waals surface area contributed by atoms with Crippen LogP contribution >= 0.6 is 15.9 Å². The van der Waals surface area contributed by atoms with Crippen LogP contribution in [-0.2, 0) is 6.18 Å². The topological polar surface area (TPSA) is 67.4 Å². The molecule has 0 spiro atoms. The van der Waals surface area contributed by atoms with Crippen LogP contribution in [-0.4, -0.2) is 20.2 Å². The second-order valence-corrected chi connectivity index (χ2v) is 5.59. The molecule has 0 radical (unpaired) electrons. The molecular formula is C15H7BrF3N5.